The molecule has 0 atom stereocenters. The van der Waals surface area contributed by atoms with Gasteiger partial charge in [-0.1, -0.05) is 24.3 Å². The number of halogens is 2. The standard InChI is InChI=1S/C16H9BrFN3O3/c17-16-11(9-22)15(10-5-1-2-6-12(10)18)19-20(16)13-7-3-4-8-14(13)21(23)24/h1-9H. The first-order valence-electron chi connectivity index (χ1n) is 6.77. The van der Waals surface area contributed by atoms with E-state index in [1.54, 1.807) is 12.1 Å². The maximum Gasteiger partial charge on any atom is 0.294 e. The van der Waals surface area contributed by atoms with E-state index in [-0.39, 0.29) is 32.8 Å². The fraction of sp³-hybridized carbons (Fsp3) is 0. The highest BCUT2D eigenvalue weighted by Crippen LogP contribution is 2.33. The molecule has 8 heteroatoms. The number of rotatable bonds is 4. The van der Waals surface area contributed by atoms with Crippen molar-refractivity contribution in [3.8, 4) is 16.9 Å². The van der Waals surface area contributed by atoms with Crippen LogP contribution in [-0.2, 0) is 0 Å². The molecule has 0 amide bonds. The van der Waals surface area contributed by atoms with Gasteiger partial charge in [-0.15, -0.1) is 0 Å². The summed E-state index contributed by atoms with van der Waals surface area (Å²) in [7, 11) is 0. The van der Waals surface area contributed by atoms with E-state index >= 15 is 0 Å². The van der Waals surface area contributed by atoms with Crippen LogP contribution in [0.15, 0.2) is 53.1 Å². The zero-order chi connectivity index (χ0) is 17.3. The van der Waals surface area contributed by atoms with Crippen LogP contribution in [-0.4, -0.2) is 21.0 Å². The zero-order valence-electron chi connectivity index (χ0n) is 12.0. The number of nitro groups is 1. The first-order valence-corrected chi connectivity index (χ1v) is 7.56. The summed E-state index contributed by atoms with van der Waals surface area (Å²) < 4.78 is 15.5. The van der Waals surface area contributed by atoms with Gasteiger partial charge < -0.3 is 0 Å². The topological polar surface area (TPSA) is 78.0 Å². The van der Waals surface area contributed by atoms with E-state index in [2.05, 4.69) is 21.0 Å². The molecule has 0 saturated carbocycles. The fourth-order valence-electron chi connectivity index (χ4n) is 2.32. The van der Waals surface area contributed by atoms with Crippen molar-refractivity contribution in [2.45, 2.75) is 0 Å². The van der Waals surface area contributed by atoms with Crippen LogP contribution in [0.1, 0.15) is 10.4 Å². The first-order chi connectivity index (χ1) is 11.5. The minimum absolute atomic E-state index is 0.105. The number of carbonyl (C=O) groups is 1. The van der Waals surface area contributed by atoms with E-state index in [4.69, 9.17) is 0 Å². The number of nitro benzene ring substituents is 1. The third-order valence-corrected chi connectivity index (χ3v) is 4.18. The van der Waals surface area contributed by atoms with Crippen LogP contribution in [0, 0.1) is 15.9 Å². The summed E-state index contributed by atoms with van der Waals surface area (Å²) in [4.78, 5) is 22.1. The summed E-state index contributed by atoms with van der Waals surface area (Å²) in [6.07, 6.45) is 0.532. The fourth-order valence-corrected chi connectivity index (χ4v) is 2.88. The van der Waals surface area contributed by atoms with E-state index in [9.17, 15) is 19.3 Å². The summed E-state index contributed by atoms with van der Waals surface area (Å²) in [5, 5.41) is 15.4. The normalized spacial score (nSPS) is 10.6. The number of aromatic nitrogens is 2. The van der Waals surface area contributed by atoms with Crippen molar-refractivity contribution < 1.29 is 14.1 Å². The Morgan fingerprint density at radius 3 is 2.50 bits per heavy atom. The van der Waals surface area contributed by atoms with Gasteiger partial charge in [-0.3, -0.25) is 14.9 Å². The molecule has 0 fully saturated rings. The predicted molar refractivity (Wildman–Crippen MR) is 88.7 cm³/mol. The summed E-state index contributed by atoms with van der Waals surface area (Å²) in [5.74, 6) is -0.541. The van der Waals surface area contributed by atoms with Gasteiger partial charge in [0.05, 0.1) is 10.5 Å². The van der Waals surface area contributed by atoms with Gasteiger partial charge in [-0.2, -0.15) is 5.10 Å². The van der Waals surface area contributed by atoms with E-state index in [1.807, 2.05) is 0 Å². The third-order valence-electron chi connectivity index (χ3n) is 3.42. The van der Waals surface area contributed by atoms with E-state index < -0.39 is 10.7 Å². The second-order valence-electron chi connectivity index (χ2n) is 4.81. The van der Waals surface area contributed by atoms with Gasteiger partial charge in [-0.25, -0.2) is 9.07 Å². The second-order valence-corrected chi connectivity index (χ2v) is 5.56. The van der Waals surface area contributed by atoms with Crippen molar-refractivity contribution in [1.29, 1.82) is 0 Å². The average molecular weight is 390 g/mol. The highest BCUT2D eigenvalue weighted by atomic mass is 79.9. The van der Waals surface area contributed by atoms with E-state index in [0.717, 1.165) is 0 Å². The van der Waals surface area contributed by atoms with Crippen LogP contribution < -0.4 is 0 Å². The number of hydrogen-bond donors (Lipinski definition) is 0. The van der Waals surface area contributed by atoms with Gasteiger partial charge in [0.2, 0.25) is 0 Å². The number of para-hydroxylation sites is 2. The predicted octanol–water partition coefficient (Wildman–Crippen LogP) is 4.16. The highest BCUT2D eigenvalue weighted by Gasteiger charge is 2.24. The average Bonchev–Trinajstić information content (AvgIpc) is 2.91. The Labute approximate surface area is 143 Å². The van der Waals surface area contributed by atoms with Crippen LogP contribution >= 0.6 is 15.9 Å². The number of hydrogen-bond acceptors (Lipinski definition) is 4. The van der Waals surface area contributed by atoms with Crippen LogP contribution in [0.5, 0.6) is 0 Å². The quantitative estimate of drug-likeness (QED) is 0.381. The number of benzene rings is 2. The Balaban J connectivity index is 2.28. The summed E-state index contributed by atoms with van der Waals surface area (Å²) in [5.41, 5.74) is 0.335. The molecule has 1 aromatic heterocycles. The molecule has 3 rings (SSSR count). The Kier molecular flexibility index (Phi) is 4.22. The first kappa shape index (κ1) is 16.0. The summed E-state index contributed by atoms with van der Waals surface area (Å²) in [6.45, 7) is 0. The molecular formula is C16H9BrFN3O3. The monoisotopic (exact) mass is 389 g/mol. The second kappa shape index (κ2) is 6.32. The van der Waals surface area contributed by atoms with Gasteiger partial charge in [-0.05, 0) is 34.1 Å². The molecule has 24 heavy (non-hydrogen) atoms. The minimum atomic E-state index is -0.549. The van der Waals surface area contributed by atoms with Crippen LogP contribution in [0.4, 0.5) is 10.1 Å². The Bertz CT molecular complexity index is 955. The van der Waals surface area contributed by atoms with E-state index in [1.165, 1.54) is 41.1 Å². The van der Waals surface area contributed by atoms with Crippen molar-refractivity contribution in [1.82, 2.24) is 9.78 Å². The molecule has 1 heterocycles. The lowest BCUT2D eigenvalue weighted by atomic mass is 10.1. The maximum absolute atomic E-state index is 14.1. The number of carbonyl (C=O) groups excluding carboxylic acids is 1. The summed E-state index contributed by atoms with van der Waals surface area (Å²) >= 11 is 3.23. The van der Waals surface area contributed by atoms with Crippen molar-refractivity contribution in [2.75, 3.05) is 0 Å². The molecule has 6 nitrogen and oxygen atoms in total. The smallest absolute Gasteiger partial charge is 0.294 e. The highest BCUT2D eigenvalue weighted by molar-refractivity contribution is 9.10. The molecule has 0 N–H and O–H groups in total. The van der Waals surface area contributed by atoms with Crippen LogP contribution in [0.3, 0.4) is 0 Å². The molecular weight excluding hydrogens is 381 g/mol. The van der Waals surface area contributed by atoms with Crippen molar-refractivity contribution in [3.63, 3.8) is 0 Å². The van der Waals surface area contributed by atoms with Gasteiger partial charge in [0.1, 0.15) is 21.8 Å². The number of nitrogens with zero attached hydrogens (tertiary/aromatic N) is 3. The maximum atomic E-state index is 14.1. The van der Waals surface area contributed by atoms with Gasteiger partial charge in [0.15, 0.2) is 6.29 Å². The van der Waals surface area contributed by atoms with Gasteiger partial charge in [0.25, 0.3) is 5.69 Å². The lowest BCUT2D eigenvalue weighted by molar-refractivity contribution is -0.384. The molecule has 0 aliphatic heterocycles. The lowest BCUT2D eigenvalue weighted by Crippen LogP contribution is -2.02. The van der Waals surface area contributed by atoms with Crippen molar-refractivity contribution >= 4 is 27.9 Å². The van der Waals surface area contributed by atoms with Crippen molar-refractivity contribution in [2.24, 2.45) is 0 Å². The van der Waals surface area contributed by atoms with E-state index in [0.29, 0.717) is 6.29 Å². The lowest BCUT2D eigenvalue weighted by Gasteiger charge is -2.04. The largest absolute Gasteiger partial charge is 0.298 e. The van der Waals surface area contributed by atoms with Gasteiger partial charge in [0, 0.05) is 11.6 Å². The zero-order valence-corrected chi connectivity index (χ0v) is 13.6. The third kappa shape index (κ3) is 2.61. The van der Waals surface area contributed by atoms with Crippen LogP contribution in [0.25, 0.3) is 16.9 Å². The summed E-state index contributed by atoms with van der Waals surface area (Å²) in [6, 6.07) is 11.8. The number of aldehydes is 1. The molecule has 0 aliphatic rings. The molecule has 0 spiro atoms. The minimum Gasteiger partial charge on any atom is -0.298 e. The Morgan fingerprint density at radius 1 is 1.17 bits per heavy atom. The van der Waals surface area contributed by atoms with Crippen LogP contribution in [0.2, 0.25) is 0 Å². The molecule has 0 unspecified atom stereocenters. The Hall–Kier alpha value is -2.87. The molecule has 0 radical (unpaired) electrons. The molecule has 120 valence electrons. The SMILES string of the molecule is O=Cc1c(-c2ccccc2F)nn(-c2ccccc2[N+](=O)[O-])c1Br. The van der Waals surface area contributed by atoms with Crippen molar-refractivity contribution in [3.05, 3.63) is 74.6 Å². The molecule has 0 bridgehead atoms. The van der Waals surface area contributed by atoms with Gasteiger partial charge >= 0.3 is 0 Å². The molecule has 0 aliphatic carbocycles. The Morgan fingerprint density at radius 2 is 1.83 bits per heavy atom. The molecule has 0 saturated heterocycles. The molecule has 3 aromatic rings. The molecule has 2 aromatic carbocycles.